The number of halogens is 2. The molecule has 3 heterocycles. The fourth-order valence-electron chi connectivity index (χ4n) is 2.95. The summed E-state index contributed by atoms with van der Waals surface area (Å²) in [6, 6.07) is 6.06. The van der Waals surface area contributed by atoms with Crippen molar-refractivity contribution in [2.75, 3.05) is 25.0 Å². The first kappa shape index (κ1) is 16.9. The molecule has 4 rings (SSSR count). The molecule has 2 aromatic heterocycles. The fraction of sp³-hybridized carbons (Fsp3) is 0.312. The van der Waals surface area contributed by atoms with E-state index in [1.165, 1.54) is 11.8 Å². The van der Waals surface area contributed by atoms with Gasteiger partial charge in [-0.1, -0.05) is 41.0 Å². The Bertz CT molecular complexity index is 915. The second-order valence-electron chi connectivity index (χ2n) is 5.82. The van der Waals surface area contributed by atoms with Crippen LogP contribution < -0.4 is 10.2 Å². The van der Waals surface area contributed by atoms with Gasteiger partial charge in [0.05, 0.1) is 14.9 Å². The molecule has 1 aliphatic rings. The SMILES string of the molecule is CNC1CCN(c2ncc(Sc3cccc(Cl)c3Cl)c3nncn23)C1. The minimum atomic E-state index is 0.479. The zero-order valence-electron chi connectivity index (χ0n) is 13.5. The van der Waals surface area contributed by atoms with Gasteiger partial charge in [0.2, 0.25) is 5.95 Å². The van der Waals surface area contributed by atoms with Crippen LogP contribution in [0.1, 0.15) is 6.42 Å². The number of nitrogens with one attached hydrogen (secondary N) is 1. The number of anilines is 1. The number of likely N-dealkylation sites (N-methyl/N-ethyl adjacent to an activating group) is 1. The zero-order valence-corrected chi connectivity index (χ0v) is 15.8. The predicted molar refractivity (Wildman–Crippen MR) is 101 cm³/mol. The van der Waals surface area contributed by atoms with E-state index in [4.69, 9.17) is 23.2 Å². The molecule has 0 saturated carbocycles. The van der Waals surface area contributed by atoms with Gasteiger partial charge in [-0.2, -0.15) is 0 Å². The fourth-order valence-corrected chi connectivity index (χ4v) is 4.34. The molecule has 1 unspecified atom stereocenters. The van der Waals surface area contributed by atoms with Gasteiger partial charge in [-0.3, -0.25) is 0 Å². The van der Waals surface area contributed by atoms with Crippen molar-refractivity contribution in [3.63, 3.8) is 0 Å². The third-order valence-electron chi connectivity index (χ3n) is 4.30. The molecule has 1 saturated heterocycles. The summed E-state index contributed by atoms with van der Waals surface area (Å²) in [6.07, 6.45) is 4.62. The van der Waals surface area contributed by atoms with E-state index in [-0.39, 0.29) is 0 Å². The van der Waals surface area contributed by atoms with Gasteiger partial charge >= 0.3 is 0 Å². The van der Waals surface area contributed by atoms with Crippen molar-refractivity contribution in [1.82, 2.24) is 24.9 Å². The molecule has 25 heavy (non-hydrogen) atoms. The lowest BCUT2D eigenvalue weighted by Gasteiger charge is -2.19. The molecule has 130 valence electrons. The van der Waals surface area contributed by atoms with E-state index in [1.807, 2.05) is 29.8 Å². The van der Waals surface area contributed by atoms with Crippen molar-refractivity contribution in [2.45, 2.75) is 22.3 Å². The Morgan fingerprint density at radius 1 is 1.28 bits per heavy atom. The van der Waals surface area contributed by atoms with E-state index in [2.05, 4.69) is 25.4 Å². The van der Waals surface area contributed by atoms with Gasteiger partial charge in [0.25, 0.3) is 0 Å². The number of nitrogens with zero attached hydrogens (tertiary/aromatic N) is 5. The van der Waals surface area contributed by atoms with Crippen molar-refractivity contribution in [3.05, 3.63) is 40.8 Å². The molecule has 1 aliphatic heterocycles. The molecule has 1 atom stereocenters. The van der Waals surface area contributed by atoms with E-state index in [0.717, 1.165) is 40.9 Å². The maximum Gasteiger partial charge on any atom is 0.212 e. The van der Waals surface area contributed by atoms with Crippen molar-refractivity contribution in [1.29, 1.82) is 0 Å². The topological polar surface area (TPSA) is 58.3 Å². The minimum absolute atomic E-state index is 0.479. The van der Waals surface area contributed by atoms with Crippen LogP contribution in [0.25, 0.3) is 5.65 Å². The second-order valence-corrected chi connectivity index (χ2v) is 7.69. The molecule has 6 nitrogen and oxygen atoms in total. The summed E-state index contributed by atoms with van der Waals surface area (Å²) in [5.41, 5.74) is 0.763. The summed E-state index contributed by atoms with van der Waals surface area (Å²) < 4.78 is 1.93. The Hall–Kier alpha value is -1.54. The van der Waals surface area contributed by atoms with Gasteiger partial charge in [0.15, 0.2) is 5.65 Å². The van der Waals surface area contributed by atoms with E-state index in [1.54, 1.807) is 12.4 Å². The molecule has 3 aromatic rings. The smallest absolute Gasteiger partial charge is 0.212 e. The first-order chi connectivity index (χ1) is 12.2. The molecule has 0 bridgehead atoms. The van der Waals surface area contributed by atoms with E-state index < -0.39 is 0 Å². The van der Waals surface area contributed by atoms with Crippen LogP contribution in [-0.2, 0) is 0 Å². The third-order valence-corrected chi connectivity index (χ3v) is 6.30. The van der Waals surface area contributed by atoms with E-state index >= 15 is 0 Å². The Morgan fingerprint density at radius 2 is 2.16 bits per heavy atom. The average molecular weight is 395 g/mol. The van der Waals surface area contributed by atoms with Gasteiger partial charge in [0, 0.05) is 30.2 Å². The van der Waals surface area contributed by atoms with Crippen LogP contribution in [0.5, 0.6) is 0 Å². The zero-order chi connectivity index (χ0) is 17.4. The molecule has 1 aromatic carbocycles. The Morgan fingerprint density at radius 3 is 2.96 bits per heavy atom. The van der Waals surface area contributed by atoms with Gasteiger partial charge in [-0.25, -0.2) is 9.38 Å². The summed E-state index contributed by atoms with van der Waals surface area (Å²) in [4.78, 5) is 8.66. The number of rotatable bonds is 4. The lowest BCUT2D eigenvalue weighted by atomic mass is 10.3. The van der Waals surface area contributed by atoms with Crippen LogP contribution in [0, 0.1) is 0 Å². The first-order valence-electron chi connectivity index (χ1n) is 7.90. The highest BCUT2D eigenvalue weighted by molar-refractivity contribution is 7.99. The van der Waals surface area contributed by atoms with Crippen molar-refractivity contribution >= 4 is 46.6 Å². The third kappa shape index (κ3) is 3.17. The summed E-state index contributed by atoms with van der Waals surface area (Å²) in [5.74, 6) is 0.860. The Kier molecular flexibility index (Phi) is 4.73. The van der Waals surface area contributed by atoms with E-state index in [9.17, 15) is 0 Å². The molecule has 0 spiro atoms. The predicted octanol–water partition coefficient (Wildman–Crippen LogP) is 3.38. The maximum atomic E-state index is 6.30. The highest BCUT2D eigenvalue weighted by atomic mass is 35.5. The number of hydrogen-bond acceptors (Lipinski definition) is 6. The monoisotopic (exact) mass is 394 g/mol. The molecular formula is C16H16Cl2N6S. The molecule has 0 radical (unpaired) electrons. The average Bonchev–Trinajstić information content (AvgIpc) is 3.28. The summed E-state index contributed by atoms with van der Waals surface area (Å²) in [6.45, 7) is 1.88. The van der Waals surface area contributed by atoms with Crippen LogP contribution in [-0.4, -0.2) is 45.8 Å². The lowest BCUT2D eigenvalue weighted by Crippen LogP contribution is -2.30. The normalized spacial score (nSPS) is 17.6. The molecule has 0 aliphatic carbocycles. The minimum Gasteiger partial charge on any atom is -0.340 e. The van der Waals surface area contributed by atoms with Gasteiger partial charge in [0.1, 0.15) is 6.33 Å². The molecule has 0 amide bonds. The van der Waals surface area contributed by atoms with Crippen LogP contribution in [0.2, 0.25) is 10.0 Å². The molecule has 1 N–H and O–H groups in total. The molecular weight excluding hydrogens is 379 g/mol. The van der Waals surface area contributed by atoms with Gasteiger partial charge < -0.3 is 10.2 Å². The van der Waals surface area contributed by atoms with Gasteiger partial charge in [-0.05, 0) is 25.6 Å². The number of fused-ring (bicyclic) bond motifs is 1. The Labute approximate surface area is 159 Å². The maximum absolute atomic E-state index is 6.30. The van der Waals surface area contributed by atoms with E-state index in [0.29, 0.717) is 16.1 Å². The number of aromatic nitrogens is 4. The standard InChI is InChI=1S/C16H16Cl2N6S/c1-19-10-5-6-23(8-10)16-20-7-13(15-22-21-9-24(15)16)25-12-4-2-3-11(17)14(12)18/h2-4,7,9-10,19H,5-6,8H2,1H3. The number of benzene rings is 1. The van der Waals surface area contributed by atoms with Crippen LogP contribution >= 0.6 is 35.0 Å². The summed E-state index contributed by atoms with van der Waals surface area (Å²) in [7, 11) is 1.99. The second kappa shape index (κ2) is 6.99. The molecule has 9 heteroatoms. The summed E-state index contributed by atoms with van der Waals surface area (Å²) >= 11 is 13.9. The van der Waals surface area contributed by atoms with Crippen molar-refractivity contribution in [3.8, 4) is 0 Å². The van der Waals surface area contributed by atoms with Crippen LogP contribution in [0.15, 0.2) is 40.5 Å². The highest BCUT2D eigenvalue weighted by Crippen LogP contribution is 2.38. The quantitative estimate of drug-likeness (QED) is 0.731. The van der Waals surface area contributed by atoms with Crippen LogP contribution in [0.3, 0.4) is 0 Å². The summed E-state index contributed by atoms with van der Waals surface area (Å²) in [5, 5.41) is 12.7. The number of hydrogen-bond donors (Lipinski definition) is 1. The molecule has 1 fully saturated rings. The van der Waals surface area contributed by atoms with Crippen LogP contribution in [0.4, 0.5) is 5.95 Å². The Balaban J connectivity index is 1.69. The van der Waals surface area contributed by atoms with Crippen molar-refractivity contribution in [2.24, 2.45) is 0 Å². The van der Waals surface area contributed by atoms with Gasteiger partial charge in [-0.15, -0.1) is 10.2 Å². The van der Waals surface area contributed by atoms with Crippen molar-refractivity contribution < 1.29 is 0 Å². The lowest BCUT2D eigenvalue weighted by molar-refractivity contribution is 0.616. The largest absolute Gasteiger partial charge is 0.340 e. The first-order valence-corrected chi connectivity index (χ1v) is 9.47. The highest BCUT2D eigenvalue weighted by Gasteiger charge is 2.25.